The number of hydrogen-bond acceptors (Lipinski definition) is 3. The smallest absolute Gasteiger partial charge is 0.303 e. The number of carbonyl (C=O) groups excluding carboxylic acids is 1. The predicted molar refractivity (Wildman–Crippen MR) is 102 cm³/mol. The lowest BCUT2D eigenvalue weighted by Crippen LogP contribution is -2.45. The predicted octanol–water partition coefficient (Wildman–Crippen LogP) is 5.19. The molecule has 25 heavy (non-hydrogen) atoms. The zero-order valence-electron chi connectivity index (χ0n) is 16.9. The number of aliphatic hydroxyl groups is 1. The molecule has 0 aromatic rings. The SMILES string of the molecule is CC(=O)OC1C[C@H]2[C@](C)(C/C=C(\C)CC/C=C\1C)CC[C@]2(O)C(C)C. The second kappa shape index (κ2) is 7.65. The Labute approximate surface area is 153 Å². The van der Waals surface area contributed by atoms with Crippen molar-refractivity contribution in [1.82, 2.24) is 0 Å². The number of rotatable bonds is 2. The molecule has 1 N–H and O–H groups in total. The van der Waals surface area contributed by atoms with Crippen molar-refractivity contribution in [2.75, 3.05) is 0 Å². The van der Waals surface area contributed by atoms with Gasteiger partial charge in [-0.2, -0.15) is 0 Å². The summed E-state index contributed by atoms with van der Waals surface area (Å²) in [6.45, 7) is 12.3. The van der Waals surface area contributed by atoms with E-state index in [1.807, 2.05) is 0 Å². The molecule has 0 aliphatic heterocycles. The Kier molecular flexibility index (Phi) is 6.19. The van der Waals surface area contributed by atoms with Crippen LogP contribution < -0.4 is 0 Å². The molecule has 0 saturated heterocycles. The van der Waals surface area contributed by atoms with Crippen molar-refractivity contribution in [3.8, 4) is 0 Å². The third-order valence-corrected chi connectivity index (χ3v) is 6.73. The van der Waals surface area contributed by atoms with Crippen molar-refractivity contribution in [2.45, 2.75) is 91.8 Å². The Hall–Kier alpha value is -1.09. The standard InChI is InChI=1S/C22H36O3/c1-15(2)22(24)13-12-21(6)11-10-16(3)8-7-9-17(4)19(14-20(21)22)25-18(5)23/h9-10,15,19-20,24H,7-8,11-14H2,1-6H3/b16-10+,17-9-/t19?,20-,21+,22-/m0/s1. The summed E-state index contributed by atoms with van der Waals surface area (Å²) >= 11 is 0. The topological polar surface area (TPSA) is 46.5 Å². The molecule has 4 atom stereocenters. The van der Waals surface area contributed by atoms with Gasteiger partial charge in [0.15, 0.2) is 0 Å². The van der Waals surface area contributed by atoms with Gasteiger partial charge in [-0.15, -0.1) is 0 Å². The highest BCUT2D eigenvalue weighted by Gasteiger charge is 2.55. The second-order valence-electron chi connectivity index (χ2n) is 8.93. The molecule has 0 heterocycles. The summed E-state index contributed by atoms with van der Waals surface area (Å²) in [5.41, 5.74) is 1.88. The second-order valence-corrected chi connectivity index (χ2v) is 8.93. The van der Waals surface area contributed by atoms with Gasteiger partial charge in [0.25, 0.3) is 0 Å². The highest BCUT2D eigenvalue weighted by molar-refractivity contribution is 5.66. The third-order valence-electron chi connectivity index (χ3n) is 6.73. The number of esters is 1. The molecular formula is C22H36O3. The number of ether oxygens (including phenoxy) is 1. The Balaban J connectivity index is 2.45. The van der Waals surface area contributed by atoms with E-state index in [2.05, 4.69) is 46.8 Å². The monoisotopic (exact) mass is 348 g/mol. The highest BCUT2D eigenvalue weighted by Crippen LogP contribution is 2.56. The van der Waals surface area contributed by atoms with Gasteiger partial charge in [0, 0.05) is 6.92 Å². The average Bonchev–Trinajstić information content (AvgIpc) is 2.77. The van der Waals surface area contributed by atoms with Crippen LogP contribution in [-0.4, -0.2) is 22.8 Å². The van der Waals surface area contributed by atoms with Gasteiger partial charge in [-0.1, -0.05) is 38.5 Å². The van der Waals surface area contributed by atoms with Gasteiger partial charge in [-0.25, -0.2) is 0 Å². The van der Waals surface area contributed by atoms with Crippen LogP contribution in [-0.2, 0) is 9.53 Å². The molecule has 0 radical (unpaired) electrons. The Bertz CT molecular complexity index is 560. The Morgan fingerprint density at radius 3 is 2.56 bits per heavy atom. The van der Waals surface area contributed by atoms with Gasteiger partial charge in [-0.3, -0.25) is 4.79 Å². The minimum atomic E-state index is -0.691. The van der Waals surface area contributed by atoms with E-state index >= 15 is 0 Å². The lowest BCUT2D eigenvalue weighted by atomic mass is 9.67. The van der Waals surface area contributed by atoms with Crippen molar-refractivity contribution < 1.29 is 14.6 Å². The van der Waals surface area contributed by atoms with Gasteiger partial charge in [0.1, 0.15) is 6.10 Å². The van der Waals surface area contributed by atoms with E-state index in [1.165, 1.54) is 12.5 Å². The Morgan fingerprint density at radius 1 is 1.28 bits per heavy atom. The van der Waals surface area contributed by atoms with Crippen LogP contribution in [0.2, 0.25) is 0 Å². The maximum atomic E-state index is 11.7. The van der Waals surface area contributed by atoms with Gasteiger partial charge in [0.2, 0.25) is 0 Å². The number of hydrogen-bond donors (Lipinski definition) is 1. The summed E-state index contributed by atoms with van der Waals surface area (Å²) in [5.74, 6) is 0.0707. The molecule has 0 bridgehead atoms. The average molecular weight is 349 g/mol. The largest absolute Gasteiger partial charge is 0.458 e. The molecule has 142 valence electrons. The summed E-state index contributed by atoms with van der Waals surface area (Å²) < 4.78 is 5.69. The van der Waals surface area contributed by atoms with Crippen molar-refractivity contribution in [1.29, 1.82) is 0 Å². The molecule has 1 saturated carbocycles. The molecule has 2 aliphatic carbocycles. The van der Waals surface area contributed by atoms with Crippen molar-refractivity contribution in [3.05, 3.63) is 23.3 Å². The fourth-order valence-corrected chi connectivity index (χ4v) is 4.77. The van der Waals surface area contributed by atoms with Gasteiger partial charge in [-0.05, 0) is 75.2 Å². The van der Waals surface area contributed by atoms with Crippen LogP contribution in [0.15, 0.2) is 23.3 Å². The van der Waals surface area contributed by atoms with Crippen molar-refractivity contribution >= 4 is 5.97 Å². The summed E-state index contributed by atoms with van der Waals surface area (Å²) in [5, 5.41) is 11.5. The molecule has 3 nitrogen and oxygen atoms in total. The van der Waals surface area contributed by atoms with E-state index in [4.69, 9.17) is 4.74 Å². The van der Waals surface area contributed by atoms with Crippen molar-refractivity contribution in [3.63, 3.8) is 0 Å². The molecule has 0 aromatic heterocycles. The van der Waals surface area contributed by atoms with Gasteiger partial charge < -0.3 is 9.84 Å². The molecule has 0 spiro atoms. The normalized spacial score (nSPS) is 41.1. The molecule has 1 fully saturated rings. The molecule has 2 aliphatic rings. The lowest BCUT2D eigenvalue weighted by molar-refractivity contribution is -0.148. The molecule has 2 rings (SSSR count). The van der Waals surface area contributed by atoms with Crippen molar-refractivity contribution in [2.24, 2.45) is 17.3 Å². The minimum absolute atomic E-state index is 0.0449. The molecule has 3 heteroatoms. The number of fused-ring (bicyclic) bond motifs is 1. The first-order valence-electron chi connectivity index (χ1n) is 9.80. The third kappa shape index (κ3) is 4.36. The summed E-state index contributed by atoms with van der Waals surface area (Å²) in [6, 6.07) is 0. The van der Waals surface area contributed by atoms with Crippen LogP contribution in [0.4, 0.5) is 0 Å². The fraction of sp³-hybridized carbons (Fsp3) is 0.773. The van der Waals surface area contributed by atoms with Crippen LogP contribution in [0.1, 0.15) is 80.1 Å². The maximum Gasteiger partial charge on any atom is 0.303 e. The van der Waals surface area contributed by atoms with E-state index in [1.54, 1.807) is 0 Å². The van der Waals surface area contributed by atoms with E-state index in [-0.39, 0.29) is 29.3 Å². The first-order chi connectivity index (χ1) is 11.6. The zero-order valence-corrected chi connectivity index (χ0v) is 16.9. The summed E-state index contributed by atoms with van der Waals surface area (Å²) in [6.07, 6.45) is 9.90. The maximum absolute atomic E-state index is 11.7. The lowest BCUT2D eigenvalue weighted by Gasteiger charge is -2.42. The minimum Gasteiger partial charge on any atom is -0.458 e. The molecule has 1 unspecified atom stereocenters. The van der Waals surface area contributed by atoms with Gasteiger partial charge >= 0.3 is 5.97 Å². The first kappa shape index (κ1) is 20.2. The quantitative estimate of drug-likeness (QED) is 0.552. The fourth-order valence-electron chi connectivity index (χ4n) is 4.77. The van der Waals surface area contributed by atoms with Crippen LogP contribution in [0, 0.1) is 17.3 Å². The van der Waals surface area contributed by atoms with Crippen LogP contribution >= 0.6 is 0 Å². The summed E-state index contributed by atoms with van der Waals surface area (Å²) in [7, 11) is 0. The van der Waals surface area contributed by atoms with E-state index in [0.29, 0.717) is 6.42 Å². The number of carbonyl (C=O) groups is 1. The first-order valence-corrected chi connectivity index (χ1v) is 9.80. The highest BCUT2D eigenvalue weighted by atomic mass is 16.5. The molecular weight excluding hydrogens is 312 g/mol. The summed E-state index contributed by atoms with van der Waals surface area (Å²) in [4.78, 5) is 11.7. The van der Waals surface area contributed by atoms with Crippen LogP contribution in [0.25, 0.3) is 0 Å². The Morgan fingerprint density at radius 2 is 1.96 bits per heavy atom. The molecule has 0 aromatic carbocycles. The van der Waals surface area contributed by atoms with Gasteiger partial charge in [0.05, 0.1) is 5.60 Å². The van der Waals surface area contributed by atoms with E-state index < -0.39 is 5.60 Å². The van der Waals surface area contributed by atoms with Crippen LogP contribution in [0.3, 0.4) is 0 Å². The van der Waals surface area contributed by atoms with Crippen LogP contribution in [0.5, 0.6) is 0 Å². The van der Waals surface area contributed by atoms with E-state index in [0.717, 1.165) is 37.7 Å². The van der Waals surface area contributed by atoms with E-state index in [9.17, 15) is 9.90 Å². The zero-order chi connectivity index (χ0) is 18.8. The number of allylic oxidation sites excluding steroid dienone is 3. The molecule has 0 amide bonds.